The second kappa shape index (κ2) is 10.0. The highest BCUT2D eigenvalue weighted by molar-refractivity contribution is 5.88. The minimum absolute atomic E-state index is 0.105. The smallest absolute Gasteiger partial charge is 0.226 e. The number of benzene rings is 1. The Labute approximate surface area is 182 Å². The van der Waals surface area contributed by atoms with Crippen molar-refractivity contribution in [2.75, 3.05) is 31.6 Å². The molecule has 0 saturated carbocycles. The number of carbonyl (C=O) groups is 2. The van der Waals surface area contributed by atoms with Crippen molar-refractivity contribution in [1.82, 2.24) is 15.0 Å². The molecule has 0 unspecified atom stereocenters. The van der Waals surface area contributed by atoms with Crippen LogP contribution in [0.25, 0.3) is 0 Å². The molecule has 2 aliphatic heterocycles. The molecule has 8 nitrogen and oxygen atoms in total. The van der Waals surface area contributed by atoms with Gasteiger partial charge in [0.15, 0.2) is 5.82 Å². The maximum absolute atomic E-state index is 12.7. The molecule has 0 bridgehead atoms. The van der Waals surface area contributed by atoms with Gasteiger partial charge in [-0.3, -0.25) is 9.59 Å². The topological polar surface area (TPSA) is 97.6 Å². The summed E-state index contributed by atoms with van der Waals surface area (Å²) < 4.78 is 10.9. The van der Waals surface area contributed by atoms with E-state index in [2.05, 4.69) is 15.5 Å². The Kier molecular flexibility index (Phi) is 6.96. The molecular formula is C23H30N4O4. The first-order chi connectivity index (χ1) is 15.1. The normalized spacial score (nSPS) is 18.2. The molecule has 2 aliphatic rings. The fraction of sp³-hybridized carbons (Fsp3) is 0.565. The predicted octanol–water partition coefficient (Wildman–Crippen LogP) is 2.95. The molecule has 0 radical (unpaired) electrons. The number of anilines is 1. The molecule has 0 aliphatic carbocycles. The lowest BCUT2D eigenvalue weighted by atomic mass is 9.93. The molecule has 2 aromatic rings. The Morgan fingerprint density at radius 3 is 2.48 bits per heavy atom. The van der Waals surface area contributed by atoms with E-state index in [1.165, 1.54) is 6.92 Å². The zero-order valence-electron chi connectivity index (χ0n) is 18.0. The molecule has 2 fully saturated rings. The van der Waals surface area contributed by atoms with Crippen LogP contribution in [0.15, 0.2) is 28.8 Å². The first-order valence-electron chi connectivity index (χ1n) is 11.1. The summed E-state index contributed by atoms with van der Waals surface area (Å²) in [6.07, 6.45) is 4.96. The van der Waals surface area contributed by atoms with Crippen molar-refractivity contribution in [3.8, 4) is 0 Å². The Bertz CT molecular complexity index is 881. The van der Waals surface area contributed by atoms with Crippen LogP contribution in [0.1, 0.15) is 55.8 Å². The Morgan fingerprint density at radius 2 is 1.81 bits per heavy atom. The number of carbonyl (C=O) groups excluding carboxylic acids is 2. The average molecular weight is 427 g/mol. The van der Waals surface area contributed by atoms with Gasteiger partial charge in [0.25, 0.3) is 0 Å². The zero-order valence-corrected chi connectivity index (χ0v) is 18.0. The van der Waals surface area contributed by atoms with Crippen LogP contribution in [0.2, 0.25) is 0 Å². The Balaban J connectivity index is 1.22. The summed E-state index contributed by atoms with van der Waals surface area (Å²) in [7, 11) is 0. The zero-order chi connectivity index (χ0) is 21.6. The molecule has 2 saturated heterocycles. The maximum atomic E-state index is 12.7. The van der Waals surface area contributed by atoms with Crippen LogP contribution in [-0.4, -0.2) is 53.2 Å². The fourth-order valence-corrected chi connectivity index (χ4v) is 4.30. The lowest BCUT2D eigenvalue weighted by molar-refractivity contribution is -0.131. The maximum Gasteiger partial charge on any atom is 0.226 e. The number of aromatic nitrogens is 2. The molecule has 0 atom stereocenters. The number of rotatable bonds is 6. The van der Waals surface area contributed by atoms with Gasteiger partial charge in [-0.1, -0.05) is 17.3 Å². The number of ether oxygens (including phenoxy) is 1. The third-order valence-corrected chi connectivity index (χ3v) is 6.13. The van der Waals surface area contributed by atoms with Gasteiger partial charge in [-0.05, 0) is 49.3 Å². The summed E-state index contributed by atoms with van der Waals surface area (Å²) >= 11 is 0. The number of amides is 2. The van der Waals surface area contributed by atoms with Gasteiger partial charge < -0.3 is 19.5 Å². The number of piperidine rings is 1. The quantitative estimate of drug-likeness (QED) is 0.763. The number of likely N-dealkylation sites (tertiary alicyclic amines) is 1. The number of nitrogens with one attached hydrogen (secondary N) is 1. The van der Waals surface area contributed by atoms with Gasteiger partial charge in [0, 0.05) is 51.3 Å². The van der Waals surface area contributed by atoms with Crippen LogP contribution in [0.5, 0.6) is 0 Å². The van der Waals surface area contributed by atoms with Crippen LogP contribution >= 0.6 is 0 Å². The highest BCUT2D eigenvalue weighted by Gasteiger charge is 2.26. The van der Waals surface area contributed by atoms with E-state index in [4.69, 9.17) is 9.26 Å². The van der Waals surface area contributed by atoms with E-state index in [0.29, 0.717) is 24.1 Å². The van der Waals surface area contributed by atoms with Crippen molar-refractivity contribution < 1.29 is 18.8 Å². The van der Waals surface area contributed by atoms with E-state index >= 15 is 0 Å². The van der Waals surface area contributed by atoms with Gasteiger partial charge in [0.05, 0.1) is 6.42 Å². The number of hydrogen-bond donors (Lipinski definition) is 1. The molecule has 1 aromatic heterocycles. The first-order valence-corrected chi connectivity index (χ1v) is 11.1. The fourth-order valence-electron chi connectivity index (χ4n) is 4.30. The molecule has 8 heteroatoms. The molecule has 3 heterocycles. The van der Waals surface area contributed by atoms with Gasteiger partial charge in [-0.15, -0.1) is 0 Å². The lowest BCUT2D eigenvalue weighted by Crippen LogP contribution is -2.39. The van der Waals surface area contributed by atoms with Crippen molar-refractivity contribution in [3.05, 3.63) is 41.5 Å². The molecular weight excluding hydrogens is 396 g/mol. The van der Waals surface area contributed by atoms with E-state index in [9.17, 15) is 9.59 Å². The van der Waals surface area contributed by atoms with Gasteiger partial charge >= 0.3 is 0 Å². The average Bonchev–Trinajstić information content (AvgIpc) is 3.24. The van der Waals surface area contributed by atoms with Crippen LogP contribution in [0, 0.1) is 5.92 Å². The SMILES string of the molecule is CC(=O)Nc1ccc(CC(=O)N2CCC(Cc3nc(C4CCOCC4)no3)CC2)cc1. The third kappa shape index (κ3) is 5.91. The summed E-state index contributed by atoms with van der Waals surface area (Å²) in [4.78, 5) is 30.4. The van der Waals surface area contributed by atoms with E-state index in [1.807, 2.05) is 29.2 Å². The van der Waals surface area contributed by atoms with Crippen molar-refractivity contribution in [2.24, 2.45) is 5.92 Å². The molecule has 1 aromatic carbocycles. The van der Waals surface area contributed by atoms with Crippen molar-refractivity contribution >= 4 is 17.5 Å². The standard InChI is InChI=1S/C23H30N4O4/c1-16(28)24-20-4-2-17(3-5-20)15-22(29)27-10-6-18(7-11-27)14-21-25-23(26-31-21)19-8-12-30-13-9-19/h2-5,18-19H,6-15H2,1H3,(H,24,28). The number of hydrogen-bond acceptors (Lipinski definition) is 6. The van der Waals surface area contributed by atoms with Crippen LogP contribution in [0.3, 0.4) is 0 Å². The van der Waals surface area contributed by atoms with E-state index in [-0.39, 0.29) is 11.8 Å². The highest BCUT2D eigenvalue weighted by Crippen LogP contribution is 2.26. The monoisotopic (exact) mass is 426 g/mol. The second-order valence-corrected chi connectivity index (χ2v) is 8.52. The van der Waals surface area contributed by atoms with Gasteiger partial charge in [0.2, 0.25) is 17.7 Å². The van der Waals surface area contributed by atoms with Crippen molar-refractivity contribution in [2.45, 2.75) is 51.4 Å². The minimum atomic E-state index is -0.105. The van der Waals surface area contributed by atoms with E-state index in [0.717, 1.165) is 75.5 Å². The summed E-state index contributed by atoms with van der Waals surface area (Å²) in [5, 5.41) is 6.92. The molecule has 1 N–H and O–H groups in total. The molecule has 4 rings (SSSR count). The van der Waals surface area contributed by atoms with Gasteiger partial charge in [-0.25, -0.2) is 0 Å². The summed E-state index contributed by atoms with van der Waals surface area (Å²) in [6, 6.07) is 7.44. The molecule has 31 heavy (non-hydrogen) atoms. The Morgan fingerprint density at radius 1 is 1.10 bits per heavy atom. The van der Waals surface area contributed by atoms with E-state index < -0.39 is 0 Å². The first kappa shape index (κ1) is 21.5. The number of nitrogens with zero attached hydrogens (tertiary/aromatic N) is 3. The van der Waals surface area contributed by atoms with Crippen LogP contribution < -0.4 is 5.32 Å². The van der Waals surface area contributed by atoms with Gasteiger partial charge in [-0.2, -0.15) is 4.98 Å². The molecule has 2 amide bonds. The van der Waals surface area contributed by atoms with Gasteiger partial charge in [0.1, 0.15) is 0 Å². The molecule has 0 spiro atoms. The minimum Gasteiger partial charge on any atom is -0.381 e. The van der Waals surface area contributed by atoms with E-state index in [1.54, 1.807) is 0 Å². The third-order valence-electron chi connectivity index (χ3n) is 6.13. The largest absolute Gasteiger partial charge is 0.381 e. The molecule has 166 valence electrons. The summed E-state index contributed by atoms with van der Waals surface area (Å²) in [6.45, 7) is 4.52. The summed E-state index contributed by atoms with van der Waals surface area (Å²) in [5.74, 6) is 2.38. The summed E-state index contributed by atoms with van der Waals surface area (Å²) in [5.41, 5.74) is 1.69. The van der Waals surface area contributed by atoms with Crippen molar-refractivity contribution in [1.29, 1.82) is 0 Å². The second-order valence-electron chi connectivity index (χ2n) is 8.52. The van der Waals surface area contributed by atoms with Crippen LogP contribution in [-0.2, 0) is 27.2 Å². The predicted molar refractivity (Wildman–Crippen MR) is 115 cm³/mol. The Hall–Kier alpha value is -2.74. The highest BCUT2D eigenvalue weighted by atomic mass is 16.5. The van der Waals surface area contributed by atoms with Crippen molar-refractivity contribution in [3.63, 3.8) is 0 Å². The lowest BCUT2D eigenvalue weighted by Gasteiger charge is -2.31. The van der Waals surface area contributed by atoms with Crippen LogP contribution in [0.4, 0.5) is 5.69 Å².